The Bertz CT molecular complexity index is 685. The van der Waals surface area contributed by atoms with Crippen LogP contribution in [0.5, 0.6) is 0 Å². The summed E-state index contributed by atoms with van der Waals surface area (Å²) in [5.74, 6) is 0. The van der Waals surface area contributed by atoms with Crippen molar-refractivity contribution in [3.8, 4) is 6.07 Å². The minimum atomic E-state index is 0.376. The molecule has 0 saturated heterocycles. The number of para-hydroxylation sites is 1. The van der Waals surface area contributed by atoms with Crippen LogP contribution in [-0.4, -0.2) is 6.04 Å². The van der Waals surface area contributed by atoms with Gasteiger partial charge in [0.15, 0.2) is 0 Å². The third kappa shape index (κ3) is 2.00. The van der Waals surface area contributed by atoms with Gasteiger partial charge in [-0.2, -0.15) is 5.26 Å². The molecule has 0 saturated carbocycles. The van der Waals surface area contributed by atoms with E-state index in [1.165, 1.54) is 11.3 Å². The molecule has 1 aliphatic heterocycles. The Hall–Kier alpha value is -2.47. The molecule has 0 amide bonds. The predicted molar refractivity (Wildman–Crippen MR) is 81.9 cm³/mol. The van der Waals surface area contributed by atoms with Gasteiger partial charge in [-0.25, -0.2) is 0 Å². The fourth-order valence-electron chi connectivity index (χ4n) is 2.91. The Morgan fingerprint density at radius 1 is 1.20 bits per heavy atom. The van der Waals surface area contributed by atoms with Crippen LogP contribution in [0.25, 0.3) is 0 Å². The van der Waals surface area contributed by atoms with Crippen molar-refractivity contribution >= 4 is 17.1 Å². The van der Waals surface area contributed by atoms with E-state index in [4.69, 9.17) is 5.73 Å². The van der Waals surface area contributed by atoms with Crippen molar-refractivity contribution in [2.75, 3.05) is 10.6 Å². The van der Waals surface area contributed by atoms with Crippen molar-refractivity contribution in [3.05, 3.63) is 53.6 Å². The molecule has 3 rings (SSSR count). The van der Waals surface area contributed by atoms with Crippen LogP contribution >= 0.6 is 0 Å². The molecule has 2 aromatic carbocycles. The second kappa shape index (κ2) is 4.90. The summed E-state index contributed by atoms with van der Waals surface area (Å²) in [5.41, 5.74) is 10.5. The lowest BCUT2D eigenvalue weighted by Gasteiger charge is -2.37. The number of nitrogens with zero attached hydrogens (tertiary/aromatic N) is 2. The van der Waals surface area contributed by atoms with Crippen LogP contribution in [-0.2, 0) is 6.42 Å². The standard InChI is InChI=1S/C17H17N3/c1-12-6-7-13-4-2-3-5-16(13)20(12)17-9-8-15(19)10-14(17)11-18/h2-5,8-10,12H,6-7,19H2,1H3. The van der Waals surface area contributed by atoms with Gasteiger partial charge in [-0.05, 0) is 49.6 Å². The number of aryl methyl sites for hydroxylation is 1. The molecule has 1 heterocycles. The first kappa shape index (κ1) is 12.6. The molecule has 1 atom stereocenters. The first-order valence-corrected chi connectivity index (χ1v) is 6.87. The predicted octanol–water partition coefficient (Wildman–Crippen LogP) is 3.61. The third-order valence-electron chi connectivity index (χ3n) is 3.92. The fraction of sp³-hybridized carbons (Fsp3) is 0.235. The zero-order valence-corrected chi connectivity index (χ0v) is 11.5. The molecule has 0 radical (unpaired) electrons. The molecular weight excluding hydrogens is 246 g/mol. The zero-order valence-electron chi connectivity index (χ0n) is 11.5. The van der Waals surface area contributed by atoms with E-state index in [0.29, 0.717) is 17.3 Å². The molecule has 3 nitrogen and oxygen atoms in total. The Morgan fingerprint density at radius 3 is 2.80 bits per heavy atom. The summed E-state index contributed by atoms with van der Waals surface area (Å²) >= 11 is 0. The summed E-state index contributed by atoms with van der Waals surface area (Å²) in [6, 6.07) is 16.6. The van der Waals surface area contributed by atoms with Crippen molar-refractivity contribution in [1.82, 2.24) is 0 Å². The summed E-state index contributed by atoms with van der Waals surface area (Å²) in [6.45, 7) is 2.20. The molecule has 0 aromatic heterocycles. The Morgan fingerprint density at radius 2 is 2.00 bits per heavy atom. The Labute approximate surface area is 119 Å². The monoisotopic (exact) mass is 263 g/mol. The smallest absolute Gasteiger partial charge is 0.101 e. The number of nitrogen functional groups attached to an aromatic ring is 1. The van der Waals surface area contributed by atoms with Gasteiger partial charge in [-0.3, -0.25) is 0 Å². The van der Waals surface area contributed by atoms with Gasteiger partial charge < -0.3 is 10.6 Å². The molecule has 2 aromatic rings. The van der Waals surface area contributed by atoms with Gasteiger partial charge in [0.2, 0.25) is 0 Å². The van der Waals surface area contributed by atoms with Crippen molar-refractivity contribution < 1.29 is 0 Å². The van der Waals surface area contributed by atoms with Gasteiger partial charge >= 0.3 is 0 Å². The van der Waals surface area contributed by atoms with Gasteiger partial charge in [0.25, 0.3) is 0 Å². The summed E-state index contributed by atoms with van der Waals surface area (Å²) in [7, 11) is 0. The molecule has 0 aliphatic carbocycles. The molecule has 1 aliphatic rings. The van der Waals surface area contributed by atoms with E-state index in [1.54, 1.807) is 6.07 Å². The van der Waals surface area contributed by atoms with Crippen LogP contribution in [0.4, 0.5) is 17.1 Å². The molecule has 100 valence electrons. The fourth-order valence-corrected chi connectivity index (χ4v) is 2.91. The lowest BCUT2D eigenvalue weighted by atomic mass is 9.95. The molecule has 0 bridgehead atoms. The number of nitriles is 1. The van der Waals surface area contributed by atoms with E-state index < -0.39 is 0 Å². The summed E-state index contributed by atoms with van der Waals surface area (Å²) < 4.78 is 0. The maximum Gasteiger partial charge on any atom is 0.101 e. The number of hydrogen-bond acceptors (Lipinski definition) is 3. The SMILES string of the molecule is CC1CCc2ccccc2N1c1ccc(N)cc1C#N. The summed E-state index contributed by atoms with van der Waals surface area (Å²) in [6.07, 6.45) is 2.18. The number of nitrogens with two attached hydrogens (primary N) is 1. The average molecular weight is 263 g/mol. The molecule has 2 N–H and O–H groups in total. The minimum absolute atomic E-state index is 0.376. The highest BCUT2D eigenvalue weighted by Gasteiger charge is 2.25. The molecule has 0 spiro atoms. The second-order valence-electron chi connectivity index (χ2n) is 5.27. The van der Waals surface area contributed by atoms with E-state index >= 15 is 0 Å². The molecule has 0 fully saturated rings. The summed E-state index contributed by atoms with van der Waals surface area (Å²) in [4.78, 5) is 2.26. The molecular formula is C17H17N3. The topological polar surface area (TPSA) is 53.0 Å². The lowest BCUT2D eigenvalue weighted by molar-refractivity contribution is 0.618. The number of fused-ring (bicyclic) bond motifs is 1. The van der Waals surface area contributed by atoms with Crippen LogP contribution in [0.2, 0.25) is 0 Å². The van der Waals surface area contributed by atoms with Crippen molar-refractivity contribution in [2.45, 2.75) is 25.8 Å². The molecule has 3 heteroatoms. The van der Waals surface area contributed by atoms with E-state index in [2.05, 4.69) is 36.1 Å². The quantitative estimate of drug-likeness (QED) is 0.799. The molecule has 1 unspecified atom stereocenters. The van der Waals surface area contributed by atoms with Gasteiger partial charge in [0.1, 0.15) is 6.07 Å². The van der Waals surface area contributed by atoms with E-state index in [0.717, 1.165) is 18.5 Å². The highest BCUT2D eigenvalue weighted by molar-refractivity contribution is 5.75. The van der Waals surface area contributed by atoms with Gasteiger partial charge in [-0.1, -0.05) is 18.2 Å². The third-order valence-corrected chi connectivity index (χ3v) is 3.92. The van der Waals surface area contributed by atoms with Crippen LogP contribution in [0.3, 0.4) is 0 Å². The maximum atomic E-state index is 9.38. The second-order valence-corrected chi connectivity index (χ2v) is 5.27. The lowest BCUT2D eigenvalue weighted by Crippen LogP contribution is -2.33. The average Bonchev–Trinajstić information content (AvgIpc) is 2.48. The number of hydrogen-bond donors (Lipinski definition) is 1. The van der Waals surface area contributed by atoms with Crippen molar-refractivity contribution in [3.63, 3.8) is 0 Å². The van der Waals surface area contributed by atoms with E-state index in [1.807, 2.05) is 18.2 Å². The van der Waals surface area contributed by atoms with Crippen molar-refractivity contribution in [1.29, 1.82) is 5.26 Å². The highest BCUT2D eigenvalue weighted by Crippen LogP contribution is 2.38. The van der Waals surface area contributed by atoms with Crippen molar-refractivity contribution in [2.24, 2.45) is 0 Å². The van der Waals surface area contributed by atoms with Gasteiger partial charge in [0.05, 0.1) is 11.3 Å². The zero-order chi connectivity index (χ0) is 14.1. The van der Waals surface area contributed by atoms with Crippen LogP contribution in [0.15, 0.2) is 42.5 Å². The number of benzene rings is 2. The summed E-state index contributed by atoms with van der Waals surface area (Å²) in [5, 5.41) is 9.38. The van der Waals surface area contributed by atoms with Gasteiger partial charge in [0, 0.05) is 17.4 Å². The largest absolute Gasteiger partial charge is 0.399 e. The van der Waals surface area contributed by atoms with E-state index in [-0.39, 0.29) is 0 Å². The Kier molecular flexibility index (Phi) is 3.08. The number of anilines is 3. The first-order chi connectivity index (χ1) is 9.70. The van der Waals surface area contributed by atoms with E-state index in [9.17, 15) is 5.26 Å². The maximum absolute atomic E-state index is 9.38. The normalized spacial score (nSPS) is 17.4. The molecule has 20 heavy (non-hydrogen) atoms. The Balaban J connectivity index is 2.17. The van der Waals surface area contributed by atoms with Crippen LogP contribution < -0.4 is 10.6 Å². The van der Waals surface area contributed by atoms with Gasteiger partial charge in [-0.15, -0.1) is 0 Å². The van der Waals surface area contributed by atoms with Crippen LogP contribution in [0, 0.1) is 11.3 Å². The van der Waals surface area contributed by atoms with Crippen LogP contribution in [0.1, 0.15) is 24.5 Å². The first-order valence-electron chi connectivity index (χ1n) is 6.87. The number of rotatable bonds is 1. The minimum Gasteiger partial charge on any atom is -0.399 e. The highest BCUT2D eigenvalue weighted by atomic mass is 15.2.